The molecule has 2 unspecified atom stereocenters. The number of aliphatic hydroxyl groups excluding tert-OH is 2. The van der Waals surface area contributed by atoms with E-state index in [0.717, 1.165) is 70.6 Å². The summed E-state index contributed by atoms with van der Waals surface area (Å²) in [7, 11) is 0. The summed E-state index contributed by atoms with van der Waals surface area (Å²) in [6.45, 7) is 4.19. The predicted molar refractivity (Wildman–Crippen MR) is 244 cm³/mol. The maximum absolute atomic E-state index is 12.4. The Morgan fingerprint density at radius 3 is 1.20 bits per heavy atom. The molecule has 0 aliphatic heterocycles. The number of rotatable bonds is 43. The maximum Gasteiger partial charge on any atom is 0.220 e. The highest BCUT2D eigenvalue weighted by Gasteiger charge is 2.17. The van der Waals surface area contributed by atoms with Crippen molar-refractivity contribution in [1.82, 2.24) is 5.32 Å². The lowest BCUT2D eigenvalue weighted by molar-refractivity contribution is -0.123. The second-order valence-electron chi connectivity index (χ2n) is 16.1. The van der Waals surface area contributed by atoms with Crippen LogP contribution in [0.15, 0.2) is 60.8 Å². The van der Waals surface area contributed by atoms with Gasteiger partial charge in [-0.25, -0.2) is 0 Å². The maximum atomic E-state index is 12.4. The third kappa shape index (κ3) is 43.1. The van der Waals surface area contributed by atoms with Crippen LogP contribution < -0.4 is 5.32 Å². The lowest BCUT2D eigenvalue weighted by Gasteiger charge is -2.20. The molecule has 0 spiro atoms. The zero-order valence-electron chi connectivity index (χ0n) is 36.7. The van der Waals surface area contributed by atoms with E-state index in [1.54, 1.807) is 6.08 Å². The molecule has 0 aromatic carbocycles. The minimum atomic E-state index is -0.852. The molecule has 0 aromatic heterocycles. The molecule has 0 saturated carbocycles. The van der Waals surface area contributed by atoms with Crippen molar-refractivity contribution in [2.45, 2.75) is 251 Å². The molecule has 0 fully saturated rings. The Morgan fingerprint density at radius 2 is 0.800 bits per heavy atom. The standard InChI is InChI=1S/C51H93NO3/c1-3-5-7-9-11-13-15-17-19-21-22-23-24-25-26-27-28-29-31-32-34-36-38-40-42-44-46-50(54)49(48-53)52-51(55)47-45-43-41-39-37-35-33-30-20-18-16-14-12-10-8-6-4-2/h6,8,12,14,18,20,33,35,44,46,49-50,53-54H,3-5,7,9-11,13,15-17,19,21-32,34,36-43,45,47-48H2,1-2H3,(H,52,55)/b8-6-,14-12-,20-18-,35-33-,46-44+. The normalized spacial score (nSPS) is 13.5. The van der Waals surface area contributed by atoms with E-state index in [1.165, 1.54) is 148 Å². The third-order valence-electron chi connectivity index (χ3n) is 10.8. The molecule has 0 aliphatic rings. The summed E-state index contributed by atoms with van der Waals surface area (Å²) in [4.78, 5) is 12.4. The van der Waals surface area contributed by atoms with Crippen LogP contribution in [0, 0.1) is 0 Å². The Kier molecular flexibility index (Phi) is 44.9. The minimum absolute atomic E-state index is 0.0875. The molecule has 4 nitrogen and oxygen atoms in total. The van der Waals surface area contributed by atoms with Crippen molar-refractivity contribution in [2.24, 2.45) is 0 Å². The third-order valence-corrected chi connectivity index (χ3v) is 10.8. The fourth-order valence-electron chi connectivity index (χ4n) is 7.11. The van der Waals surface area contributed by atoms with Crippen LogP contribution in [-0.4, -0.2) is 34.9 Å². The van der Waals surface area contributed by atoms with E-state index >= 15 is 0 Å². The molecule has 4 heteroatoms. The van der Waals surface area contributed by atoms with Gasteiger partial charge in [-0.1, -0.05) is 235 Å². The van der Waals surface area contributed by atoms with E-state index < -0.39 is 12.1 Å². The molecule has 0 bridgehead atoms. The van der Waals surface area contributed by atoms with Crippen LogP contribution in [0.4, 0.5) is 0 Å². The van der Waals surface area contributed by atoms with Crippen LogP contribution in [0.3, 0.4) is 0 Å². The number of carbonyl (C=O) groups is 1. The Balaban J connectivity index is 3.56. The van der Waals surface area contributed by atoms with Crippen LogP contribution >= 0.6 is 0 Å². The zero-order valence-corrected chi connectivity index (χ0v) is 36.7. The van der Waals surface area contributed by atoms with Crippen LogP contribution in [0.25, 0.3) is 0 Å². The molecule has 0 aromatic rings. The lowest BCUT2D eigenvalue weighted by Crippen LogP contribution is -2.45. The summed E-state index contributed by atoms with van der Waals surface area (Å²) in [5.41, 5.74) is 0. The summed E-state index contributed by atoms with van der Waals surface area (Å²) >= 11 is 0. The van der Waals surface area contributed by atoms with Crippen molar-refractivity contribution >= 4 is 5.91 Å². The first-order valence-corrected chi connectivity index (χ1v) is 24.0. The highest BCUT2D eigenvalue weighted by Crippen LogP contribution is 2.16. The first-order chi connectivity index (χ1) is 27.2. The number of nitrogens with one attached hydrogen (secondary N) is 1. The molecule has 3 N–H and O–H groups in total. The molecule has 0 rings (SSSR count). The minimum Gasteiger partial charge on any atom is -0.394 e. The van der Waals surface area contributed by atoms with Gasteiger partial charge in [0.25, 0.3) is 0 Å². The van der Waals surface area contributed by atoms with Crippen LogP contribution in [-0.2, 0) is 4.79 Å². The highest BCUT2D eigenvalue weighted by atomic mass is 16.3. The molecule has 0 aliphatic carbocycles. The second-order valence-corrected chi connectivity index (χ2v) is 16.1. The van der Waals surface area contributed by atoms with Crippen molar-refractivity contribution in [1.29, 1.82) is 0 Å². The quantitative estimate of drug-likeness (QED) is 0.0427. The lowest BCUT2D eigenvalue weighted by atomic mass is 10.0. The van der Waals surface area contributed by atoms with Gasteiger partial charge in [0.15, 0.2) is 0 Å². The van der Waals surface area contributed by atoms with E-state index in [1.807, 2.05) is 6.08 Å². The fraction of sp³-hybridized carbons (Fsp3) is 0.784. The van der Waals surface area contributed by atoms with Gasteiger partial charge in [-0.3, -0.25) is 4.79 Å². The largest absolute Gasteiger partial charge is 0.394 e. The molecule has 2 atom stereocenters. The van der Waals surface area contributed by atoms with E-state index in [-0.39, 0.29) is 12.5 Å². The van der Waals surface area contributed by atoms with Gasteiger partial charge >= 0.3 is 0 Å². The topological polar surface area (TPSA) is 69.6 Å². The van der Waals surface area contributed by atoms with Crippen molar-refractivity contribution < 1.29 is 15.0 Å². The average molecular weight is 768 g/mol. The second kappa shape index (κ2) is 46.5. The molecule has 0 radical (unpaired) electrons. The summed E-state index contributed by atoms with van der Waals surface area (Å²) in [6, 6.07) is -0.638. The molecule has 1 amide bonds. The summed E-state index contributed by atoms with van der Waals surface area (Å²) in [6.07, 6.45) is 64.9. The van der Waals surface area contributed by atoms with E-state index in [0.29, 0.717) is 6.42 Å². The first kappa shape index (κ1) is 53.1. The molecule has 55 heavy (non-hydrogen) atoms. The molecule has 320 valence electrons. The smallest absolute Gasteiger partial charge is 0.220 e. The van der Waals surface area contributed by atoms with E-state index in [9.17, 15) is 15.0 Å². The van der Waals surface area contributed by atoms with E-state index in [2.05, 4.69) is 67.8 Å². The van der Waals surface area contributed by atoms with Gasteiger partial charge in [0.05, 0.1) is 18.8 Å². The van der Waals surface area contributed by atoms with E-state index in [4.69, 9.17) is 0 Å². The number of unbranched alkanes of at least 4 members (excludes halogenated alkanes) is 28. The molecular weight excluding hydrogens is 675 g/mol. The fourth-order valence-corrected chi connectivity index (χ4v) is 7.11. The van der Waals surface area contributed by atoms with Crippen molar-refractivity contribution in [3.05, 3.63) is 60.8 Å². The summed E-state index contributed by atoms with van der Waals surface area (Å²) < 4.78 is 0. The predicted octanol–water partition coefficient (Wildman–Crippen LogP) is 15.3. The van der Waals surface area contributed by atoms with Gasteiger partial charge < -0.3 is 15.5 Å². The number of hydrogen-bond donors (Lipinski definition) is 3. The average Bonchev–Trinajstić information content (AvgIpc) is 3.19. The van der Waals surface area contributed by atoms with Crippen LogP contribution in [0.2, 0.25) is 0 Å². The van der Waals surface area contributed by atoms with Gasteiger partial charge in [-0.15, -0.1) is 0 Å². The number of hydrogen-bond acceptors (Lipinski definition) is 3. The summed E-state index contributed by atoms with van der Waals surface area (Å²) in [5.74, 6) is -0.0875. The summed E-state index contributed by atoms with van der Waals surface area (Å²) in [5, 5.41) is 23.1. The molecule has 0 saturated heterocycles. The number of carbonyl (C=O) groups excluding carboxylic acids is 1. The first-order valence-electron chi connectivity index (χ1n) is 24.0. The zero-order chi connectivity index (χ0) is 40.0. The number of allylic oxidation sites excluding steroid dienone is 9. The van der Waals surface area contributed by atoms with Crippen LogP contribution in [0.5, 0.6) is 0 Å². The monoisotopic (exact) mass is 768 g/mol. The SMILES string of the molecule is CC/C=C\C/C=C\C/C=C\C/C=C\CCCCCCC(=O)NC(CO)C(O)/C=C/CCCCCCCCCCCCCCCCCCCCCCCCCC. The Bertz CT molecular complexity index is 919. The van der Waals surface area contributed by atoms with Crippen molar-refractivity contribution in [3.63, 3.8) is 0 Å². The Labute approximate surface area is 343 Å². The Morgan fingerprint density at radius 1 is 0.455 bits per heavy atom. The Hall–Kier alpha value is -1.91. The van der Waals surface area contributed by atoms with Crippen molar-refractivity contribution in [2.75, 3.05) is 6.61 Å². The molecular formula is C51H93NO3. The number of amides is 1. The molecule has 0 heterocycles. The van der Waals surface area contributed by atoms with Gasteiger partial charge in [-0.2, -0.15) is 0 Å². The van der Waals surface area contributed by atoms with Crippen LogP contribution in [0.1, 0.15) is 239 Å². The van der Waals surface area contributed by atoms with Gasteiger partial charge in [0.1, 0.15) is 0 Å². The number of aliphatic hydroxyl groups is 2. The van der Waals surface area contributed by atoms with Gasteiger partial charge in [0, 0.05) is 6.42 Å². The highest BCUT2D eigenvalue weighted by molar-refractivity contribution is 5.76. The van der Waals surface area contributed by atoms with Crippen molar-refractivity contribution in [3.8, 4) is 0 Å². The van der Waals surface area contributed by atoms with Gasteiger partial charge in [-0.05, 0) is 57.8 Å². The van der Waals surface area contributed by atoms with Gasteiger partial charge in [0.2, 0.25) is 5.91 Å².